The van der Waals surface area contributed by atoms with Gasteiger partial charge in [-0.25, -0.2) is 0 Å². The highest BCUT2D eigenvalue weighted by Gasteiger charge is 2.13. The first-order valence-electron chi connectivity index (χ1n) is 7.15. The summed E-state index contributed by atoms with van der Waals surface area (Å²) in [5.74, 6) is -0.296. The van der Waals surface area contributed by atoms with Gasteiger partial charge in [0.1, 0.15) is 0 Å². The van der Waals surface area contributed by atoms with Crippen LogP contribution < -0.4 is 4.90 Å². The van der Waals surface area contributed by atoms with Crippen LogP contribution in [0.1, 0.15) is 43.5 Å². The summed E-state index contributed by atoms with van der Waals surface area (Å²) >= 11 is 3.37. The molecule has 0 saturated heterocycles. The number of carbonyl (C=O) groups is 2. The van der Waals surface area contributed by atoms with Crippen LogP contribution in [0.2, 0.25) is 0 Å². The molecule has 116 valence electrons. The summed E-state index contributed by atoms with van der Waals surface area (Å²) in [6.45, 7) is 5.86. The van der Waals surface area contributed by atoms with Crippen LogP contribution in [0.15, 0.2) is 22.7 Å². The Morgan fingerprint density at radius 3 is 2.67 bits per heavy atom. The maximum absolute atomic E-state index is 11.3. The summed E-state index contributed by atoms with van der Waals surface area (Å²) in [6.07, 6.45) is 2.51. The Hall–Kier alpha value is -1.36. The third-order valence-corrected chi connectivity index (χ3v) is 3.60. The molecule has 0 saturated carbocycles. The highest BCUT2D eigenvalue weighted by atomic mass is 79.9. The van der Waals surface area contributed by atoms with E-state index in [0.717, 1.165) is 36.0 Å². The number of hydrogen-bond acceptors (Lipinski definition) is 3. The molecule has 0 spiro atoms. The lowest BCUT2D eigenvalue weighted by Crippen LogP contribution is -2.29. The number of halogens is 1. The maximum Gasteiger partial charge on any atom is 0.303 e. The Bertz CT molecular complexity index is 488. The minimum Gasteiger partial charge on any atom is -0.481 e. The molecule has 0 aliphatic carbocycles. The molecule has 0 atom stereocenters. The van der Waals surface area contributed by atoms with Gasteiger partial charge in [-0.1, -0.05) is 29.8 Å². The lowest BCUT2D eigenvalue weighted by molar-refractivity contribution is -0.137. The molecule has 0 radical (unpaired) electrons. The molecular weight excluding hydrogens is 334 g/mol. The van der Waals surface area contributed by atoms with Crippen molar-refractivity contribution < 1.29 is 14.7 Å². The molecule has 1 aromatic rings. The first-order valence-corrected chi connectivity index (χ1v) is 7.94. The molecule has 0 bridgehead atoms. The van der Waals surface area contributed by atoms with Gasteiger partial charge in [0.15, 0.2) is 6.29 Å². The topological polar surface area (TPSA) is 57.6 Å². The van der Waals surface area contributed by atoms with Crippen molar-refractivity contribution in [3.63, 3.8) is 0 Å². The van der Waals surface area contributed by atoms with Crippen molar-refractivity contribution >= 4 is 33.9 Å². The standard InChI is InChI=1S/C16H22BrNO3/c1-12(2)10-18(8-4-3-5-16(20)21)15-7-6-14(17)9-13(15)11-19/h6-7,9,11-12H,3-5,8,10H2,1-2H3,(H,20,21). The van der Waals surface area contributed by atoms with Crippen molar-refractivity contribution in [1.82, 2.24) is 0 Å². The number of aliphatic carboxylic acids is 1. The zero-order valence-electron chi connectivity index (χ0n) is 12.5. The molecule has 1 N–H and O–H groups in total. The summed E-state index contributed by atoms with van der Waals surface area (Å²) in [6, 6.07) is 5.67. The molecule has 0 aliphatic rings. The summed E-state index contributed by atoms with van der Waals surface area (Å²) in [7, 11) is 0. The van der Waals surface area contributed by atoms with Gasteiger partial charge in [0.05, 0.1) is 0 Å². The van der Waals surface area contributed by atoms with E-state index in [4.69, 9.17) is 5.11 Å². The van der Waals surface area contributed by atoms with Crippen molar-refractivity contribution in [2.75, 3.05) is 18.0 Å². The Morgan fingerprint density at radius 2 is 2.10 bits per heavy atom. The number of hydrogen-bond donors (Lipinski definition) is 1. The monoisotopic (exact) mass is 355 g/mol. The second-order valence-electron chi connectivity index (χ2n) is 5.51. The number of carboxylic acids is 1. The molecule has 0 fully saturated rings. The van der Waals surface area contributed by atoms with Crippen LogP contribution in [0, 0.1) is 5.92 Å². The Morgan fingerprint density at radius 1 is 1.38 bits per heavy atom. The number of unbranched alkanes of at least 4 members (excludes halogenated alkanes) is 1. The van der Waals surface area contributed by atoms with E-state index in [1.165, 1.54) is 0 Å². The predicted molar refractivity (Wildman–Crippen MR) is 88.1 cm³/mol. The van der Waals surface area contributed by atoms with Crippen LogP contribution in [0.5, 0.6) is 0 Å². The van der Waals surface area contributed by atoms with Gasteiger partial charge in [-0.2, -0.15) is 0 Å². The molecular formula is C16H22BrNO3. The van der Waals surface area contributed by atoms with Crippen LogP contribution in [0.4, 0.5) is 5.69 Å². The van der Waals surface area contributed by atoms with Crippen molar-refractivity contribution in [3.05, 3.63) is 28.2 Å². The third kappa shape index (κ3) is 6.29. The number of carbonyl (C=O) groups excluding carboxylic acids is 1. The Kier molecular flexibility index (Phi) is 7.43. The van der Waals surface area contributed by atoms with E-state index in [-0.39, 0.29) is 6.42 Å². The molecule has 1 rings (SSSR count). The second kappa shape index (κ2) is 8.82. The molecule has 0 aliphatic heterocycles. The maximum atomic E-state index is 11.3. The Balaban J connectivity index is 2.81. The average Bonchev–Trinajstić information content (AvgIpc) is 2.41. The normalized spacial score (nSPS) is 10.7. The molecule has 0 heterocycles. The van der Waals surface area contributed by atoms with E-state index in [2.05, 4.69) is 34.7 Å². The first-order chi connectivity index (χ1) is 9.93. The minimum atomic E-state index is -0.761. The van der Waals surface area contributed by atoms with Crippen molar-refractivity contribution in [3.8, 4) is 0 Å². The van der Waals surface area contributed by atoms with E-state index in [9.17, 15) is 9.59 Å². The molecule has 1 aromatic carbocycles. The molecule has 5 heteroatoms. The van der Waals surface area contributed by atoms with Gasteiger partial charge in [0.25, 0.3) is 0 Å². The molecule has 4 nitrogen and oxygen atoms in total. The Labute approximate surface area is 134 Å². The fourth-order valence-corrected chi connectivity index (χ4v) is 2.62. The zero-order chi connectivity index (χ0) is 15.8. The highest BCUT2D eigenvalue weighted by molar-refractivity contribution is 9.10. The largest absolute Gasteiger partial charge is 0.481 e. The highest BCUT2D eigenvalue weighted by Crippen LogP contribution is 2.24. The lowest BCUT2D eigenvalue weighted by Gasteiger charge is -2.28. The van der Waals surface area contributed by atoms with Gasteiger partial charge in [0.2, 0.25) is 0 Å². The van der Waals surface area contributed by atoms with Crippen molar-refractivity contribution in [2.24, 2.45) is 5.92 Å². The van der Waals surface area contributed by atoms with Gasteiger partial charge in [-0.3, -0.25) is 9.59 Å². The van der Waals surface area contributed by atoms with Crippen molar-refractivity contribution in [1.29, 1.82) is 0 Å². The summed E-state index contributed by atoms with van der Waals surface area (Å²) in [5, 5.41) is 8.69. The zero-order valence-corrected chi connectivity index (χ0v) is 14.1. The van der Waals surface area contributed by atoms with E-state index in [1.807, 2.05) is 18.2 Å². The van der Waals surface area contributed by atoms with E-state index < -0.39 is 5.97 Å². The smallest absolute Gasteiger partial charge is 0.303 e. The minimum absolute atomic E-state index is 0.191. The SMILES string of the molecule is CC(C)CN(CCCCC(=O)O)c1ccc(Br)cc1C=O. The van der Waals surface area contributed by atoms with Crippen LogP contribution >= 0.6 is 15.9 Å². The molecule has 21 heavy (non-hydrogen) atoms. The van der Waals surface area contributed by atoms with Gasteiger partial charge < -0.3 is 10.0 Å². The number of nitrogens with zero attached hydrogens (tertiary/aromatic N) is 1. The summed E-state index contributed by atoms with van der Waals surface area (Å²) in [5.41, 5.74) is 1.57. The number of rotatable bonds is 9. The van der Waals surface area contributed by atoms with Crippen molar-refractivity contribution in [2.45, 2.75) is 33.1 Å². The number of benzene rings is 1. The fourth-order valence-electron chi connectivity index (χ4n) is 2.24. The third-order valence-electron chi connectivity index (χ3n) is 3.11. The van der Waals surface area contributed by atoms with Crippen LogP contribution in [0.25, 0.3) is 0 Å². The fraction of sp³-hybridized carbons (Fsp3) is 0.500. The van der Waals surface area contributed by atoms with E-state index in [0.29, 0.717) is 17.9 Å². The van der Waals surface area contributed by atoms with E-state index >= 15 is 0 Å². The predicted octanol–water partition coefficient (Wildman–Crippen LogP) is 3.98. The molecule has 0 unspecified atom stereocenters. The van der Waals surface area contributed by atoms with Gasteiger partial charge in [-0.05, 0) is 37.0 Å². The first kappa shape index (κ1) is 17.7. The average molecular weight is 356 g/mol. The van der Waals surface area contributed by atoms with Crippen LogP contribution in [0.3, 0.4) is 0 Å². The van der Waals surface area contributed by atoms with Crippen LogP contribution in [-0.4, -0.2) is 30.5 Å². The summed E-state index contributed by atoms with van der Waals surface area (Å²) in [4.78, 5) is 24.0. The lowest BCUT2D eigenvalue weighted by atomic mass is 10.1. The quantitative estimate of drug-likeness (QED) is 0.537. The number of anilines is 1. The summed E-state index contributed by atoms with van der Waals surface area (Å²) < 4.78 is 0.878. The van der Waals surface area contributed by atoms with Gasteiger partial charge in [-0.15, -0.1) is 0 Å². The number of carboxylic acid groups (broad SMARTS) is 1. The molecule has 0 aromatic heterocycles. The van der Waals surface area contributed by atoms with Gasteiger partial charge in [0, 0.05) is 35.2 Å². The molecule has 0 amide bonds. The second-order valence-corrected chi connectivity index (χ2v) is 6.43. The van der Waals surface area contributed by atoms with Crippen LogP contribution in [-0.2, 0) is 4.79 Å². The number of aldehydes is 1. The van der Waals surface area contributed by atoms with E-state index in [1.54, 1.807) is 0 Å². The van der Waals surface area contributed by atoms with Gasteiger partial charge >= 0.3 is 5.97 Å².